The zero-order valence-corrected chi connectivity index (χ0v) is 11.6. The number of hydrogen-bond acceptors (Lipinski definition) is 6. The summed E-state index contributed by atoms with van der Waals surface area (Å²) in [5, 5.41) is 8.69. The number of phosphoric ester groups is 1. The van der Waals surface area contributed by atoms with Gasteiger partial charge in [0.2, 0.25) is 0 Å². The van der Waals surface area contributed by atoms with Gasteiger partial charge in [0, 0.05) is 14.2 Å². The number of carboxylic acid groups (broad SMARTS) is 1. The molecule has 106 valence electrons. The summed E-state index contributed by atoms with van der Waals surface area (Å²) >= 11 is 0. The third-order valence-corrected chi connectivity index (χ3v) is 3.48. The number of phosphoric acid groups is 1. The van der Waals surface area contributed by atoms with Gasteiger partial charge in [0.25, 0.3) is 0 Å². The second kappa shape index (κ2) is 6.56. The summed E-state index contributed by atoms with van der Waals surface area (Å²) in [5.41, 5.74) is 0. The van der Waals surface area contributed by atoms with E-state index in [1.807, 2.05) is 0 Å². The van der Waals surface area contributed by atoms with Crippen LogP contribution in [0.3, 0.4) is 0 Å². The average Bonchev–Trinajstić information content (AvgIpc) is 2.40. The molecule has 7 nitrogen and oxygen atoms in total. The van der Waals surface area contributed by atoms with Crippen LogP contribution in [-0.2, 0) is 18.4 Å². The van der Waals surface area contributed by atoms with Gasteiger partial charge in [-0.2, -0.15) is 0 Å². The standard InChI is InChI=1S/C11H15O7P/c1-8(11(12)13)17-9-4-6-10(7-5-9)18-19(14,15-2)16-3/h4-8H,1-3H3,(H,12,13). The minimum Gasteiger partial charge on any atom is -0.479 e. The number of ether oxygens (including phenoxy) is 1. The molecule has 0 saturated carbocycles. The Morgan fingerprint density at radius 3 is 2.05 bits per heavy atom. The molecule has 0 amide bonds. The Hall–Kier alpha value is -1.56. The molecular weight excluding hydrogens is 275 g/mol. The number of carbonyl (C=O) groups is 1. The van der Waals surface area contributed by atoms with Crippen molar-refractivity contribution in [3.63, 3.8) is 0 Å². The van der Waals surface area contributed by atoms with Crippen LogP contribution in [0.25, 0.3) is 0 Å². The first kappa shape index (κ1) is 15.5. The lowest BCUT2D eigenvalue weighted by atomic mass is 10.3. The van der Waals surface area contributed by atoms with Gasteiger partial charge >= 0.3 is 13.8 Å². The SMILES string of the molecule is COP(=O)(OC)Oc1ccc(OC(C)C(=O)O)cc1. The second-order valence-corrected chi connectivity index (χ2v) is 5.28. The second-order valence-electron chi connectivity index (χ2n) is 3.47. The van der Waals surface area contributed by atoms with Crippen LogP contribution in [0.5, 0.6) is 11.5 Å². The molecule has 0 aliphatic rings. The highest BCUT2D eigenvalue weighted by molar-refractivity contribution is 7.48. The van der Waals surface area contributed by atoms with Crippen LogP contribution in [0.1, 0.15) is 6.92 Å². The lowest BCUT2D eigenvalue weighted by Gasteiger charge is -2.15. The van der Waals surface area contributed by atoms with Crippen LogP contribution in [0, 0.1) is 0 Å². The van der Waals surface area contributed by atoms with E-state index in [0.29, 0.717) is 5.75 Å². The maximum atomic E-state index is 11.7. The van der Waals surface area contributed by atoms with Gasteiger partial charge in [-0.15, -0.1) is 0 Å². The van der Waals surface area contributed by atoms with Gasteiger partial charge < -0.3 is 14.4 Å². The largest absolute Gasteiger partial charge is 0.529 e. The fourth-order valence-corrected chi connectivity index (χ4v) is 1.79. The minimum absolute atomic E-state index is 0.252. The number of hydrogen-bond donors (Lipinski definition) is 1. The number of carboxylic acids is 1. The first-order chi connectivity index (χ1) is 8.90. The molecule has 0 aliphatic heterocycles. The molecule has 19 heavy (non-hydrogen) atoms. The fourth-order valence-electron chi connectivity index (χ4n) is 1.11. The molecule has 1 rings (SSSR count). The highest BCUT2D eigenvalue weighted by Crippen LogP contribution is 2.47. The van der Waals surface area contributed by atoms with E-state index in [2.05, 4.69) is 9.05 Å². The van der Waals surface area contributed by atoms with Crippen LogP contribution in [0.2, 0.25) is 0 Å². The van der Waals surface area contributed by atoms with Crippen molar-refractivity contribution in [1.29, 1.82) is 0 Å². The van der Waals surface area contributed by atoms with Crippen LogP contribution in [0.4, 0.5) is 0 Å². The Labute approximate surface area is 110 Å². The molecule has 1 atom stereocenters. The number of rotatable bonds is 7. The lowest BCUT2D eigenvalue weighted by molar-refractivity contribution is -0.144. The van der Waals surface area contributed by atoms with E-state index in [1.165, 1.54) is 45.4 Å². The highest BCUT2D eigenvalue weighted by Gasteiger charge is 2.24. The van der Waals surface area contributed by atoms with Crippen molar-refractivity contribution < 1.29 is 32.8 Å². The molecule has 8 heteroatoms. The van der Waals surface area contributed by atoms with Gasteiger partial charge in [-0.3, -0.25) is 9.05 Å². The maximum Gasteiger partial charge on any atom is 0.529 e. The summed E-state index contributed by atoms with van der Waals surface area (Å²) in [6.07, 6.45) is -0.962. The smallest absolute Gasteiger partial charge is 0.479 e. The molecule has 1 N–H and O–H groups in total. The molecule has 1 unspecified atom stereocenters. The van der Waals surface area contributed by atoms with Crippen molar-refractivity contribution in [3.8, 4) is 11.5 Å². The van der Waals surface area contributed by atoms with E-state index in [1.54, 1.807) is 0 Å². The van der Waals surface area contributed by atoms with E-state index in [-0.39, 0.29) is 5.75 Å². The first-order valence-electron chi connectivity index (χ1n) is 5.31. The predicted molar refractivity (Wildman–Crippen MR) is 66.4 cm³/mol. The van der Waals surface area contributed by atoms with Gasteiger partial charge in [-0.05, 0) is 31.2 Å². The zero-order chi connectivity index (χ0) is 14.5. The Morgan fingerprint density at radius 2 is 1.63 bits per heavy atom. The lowest BCUT2D eigenvalue weighted by Crippen LogP contribution is -2.22. The average molecular weight is 290 g/mol. The van der Waals surface area contributed by atoms with Crippen molar-refractivity contribution in [2.75, 3.05) is 14.2 Å². The van der Waals surface area contributed by atoms with E-state index in [0.717, 1.165) is 0 Å². The highest BCUT2D eigenvalue weighted by atomic mass is 31.2. The van der Waals surface area contributed by atoms with Crippen molar-refractivity contribution in [3.05, 3.63) is 24.3 Å². The summed E-state index contributed by atoms with van der Waals surface area (Å²) in [6.45, 7) is 1.41. The van der Waals surface area contributed by atoms with Crippen molar-refractivity contribution in [2.45, 2.75) is 13.0 Å². The molecule has 0 saturated heterocycles. The van der Waals surface area contributed by atoms with Crippen LogP contribution < -0.4 is 9.26 Å². The summed E-state index contributed by atoms with van der Waals surface area (Å²) in [7, 11) is -1.19. The first-order valence-corrected chi connectivity index (χ1v) is 6.77. The Morgan fingerprint density at radius 1 is 1.16 bits per heavy atom. The van der Waals surface area contributed by atoms with Gasteiger partial charge in [0.15, 0.2) is 6.10 Å². The number of aliphatic carboxylic acids is 1. The molecule has 0 radical (unpaired) electrons. The Balaban J connectivity index is 2.72. The van der Waals surface area contributed by atoms with Gasteiger partial charge in [0.05, 0.1) is 0 Å². The summed E-state index contributed by atoms with van der Waals surface area (Å²) in [4.78, 5) is 10.6. The van der Waals surface area contributed by atoms with Gasteiger partial charge in [0.1, 0.15) is 11.5 Å². The monoisotopic (exact) mass is 290 g/mol. The van der Waals surface area contributed by atoms with Crippen molar-refractivity contribution in [2.24, 2.45) is 0 Å². The van der Waals surface area contributed by atoms with Crippen molar-refractivity contribution in [1.82, 2.24) is 0 Å². The van der Waals surface area contributed by atoms with Crippen molar-refractivity contribution >= 4 is 13.8 Å². The quantitative estimate of drug-likeness (QED) is 0.770. The van der Waals surface area contributed by atoms with Gasteiger partial charge in [-0.25, -0.2) is 9.36 Å². The summed E-state index contributed by atoms with van der Waals surface area (Å²) < 4.78 is 31.1. The van der Waals surface area contributed by atoms with E-state index in [9.17, 15) is 9.36 Å². The summed E-state index contributed by atoms with van der Waals surface area (Å²) in [6, 6.07) is 5.91. The van der Waals surface area contributed by atoms with Crippen LogP contribution in [0.15, 0.2) is 24.3 Å². The molecule has 1 aromatic carbocycles. The molecule has 0 aromatic heterocycles. The topological polar surface area (TPSA) is 91.3 Å². The predicted octanol–water partition coefficient (Wildman–Crippen LogP) is 2.32. The minimum atomic E-state index is -3.60. The molecular formula is C11H15O7P. The van der Waals surface area contributed by atoms with Gasteiger partial charge in [-0.1, -0.05) is 0 Å². The van der Waals surface area contributed by atoms with Crippen LogP contribution in [-0.4, -0.2) is 31.4 Å². The Bertz CT molecular complexity index is 462. The van der Waals surface area contributed by atoms with Crippen LogP contribution >= 0.6 is 7.82 Å². The van der Waals surface area contributed by atoms with E-state index in [4.69, 9.17) is 14.4 Å². The normalized spacial score (nSPS) is 12.8. The number of benzene rings is 1. The molecule has 0 aliphatic carbocycles. The Kier molecular flexibility index (Phi) is 5.35. The third-order valence-electron chi connectivity index (χ3n) is 2.15. The third kappa shape index (κ3) is 4.55. The zero-order valence-electron chi connectivity index (χ0n) is 10.7. The fraction of sp³-hybridized carbons (Fsp3) is 0.364. The van der Waals surface area contributed by atoms with E-state index < -0.39 is 19.9 Å². The van der Waals surface area contributed by atoms with E-state index >= 15 is 0 Å². The molecule has 0 bridgehead atoms. The maximum absolute atomic E-state index is 11.7. The molecule has 1 aromatic rings. The molecule has 0 fully saturated rings. The summed E-state index contributed by atoms with van der Waals surface area (Å²) in [5.74, 6) is -0.460. The molecule has 0 heterocycles. The molecule has 0 spiro atoms.